The summed E-state index contributed by atoms with van der Waals surface area (Å²) in [4.78, 5) is 11.2. The van der Waals surface area contributed by atoms with Gasteiger partial charge in [-0.2, -0.15) is 0 Å². The first-order chi connectivity index (χ1) is 6.79. The van der Waals surface area contributed by atoms with Crippen LogP contribution in [0.4, 0.5) is 0 Å². The van der Waals surface area contributed by atoms with E-state index in [1.807, 2.05) is 0 Å². The first kappa shape index (κ1) is 8.51. The summed E-state index contributed by atoms with van der Waals surface area (Å²) in [5.41, 5.74) is 1.62. The second kappa shape index (κ2) is 2.85. The van der Waals surface area contributed by atoms with Crippen LogP contribution in [-0.2, 0) is 9.53 Å². The van der Waals surface area contributed by atoms with E-state index < -0.39 is 0 Å². The minimum atomic E-state index is 0.0285. The Bertz CT molecular complexity index is 305. The van der Waals surface area contributed by atoms with E-state index >= 15 is 0 Å². The summed E-state index contributed by atoms with van der Waals surface area (Å²) in [5.74, 6) is 2.06. The molecule has 2 saturated carbocycles. The van der Waals surface area contributed by atoms with Gasteiger partial charge in [0.1, 0.15) is 6.10 Å². The van der Waals surface area contributed by atoms with Crippen LogP contribution in [0.25, 0.3) is 0 Å². The minimum Gasteiger partial charge on any atom is -0.462 e. The van der Waals surface area contributed by atoms with Crippen molar-refractivity contribution in [1.82, 2.24) is 0 Å². The lowest BCUT2D eigenvalue weighted by Gasteiger charge is -2.35. The van der Waals surface area contributed by atoms with Gasteiger partial charge in [0.25, 0.3) is 0 Å². The van der Waals surface area contributed by atoms with Gasteiger partial charge in [0.2, 0.25) is 0 Å². The molecule has 1 aliphatic heterocycles. The fourth-order valence-corrected chi connectivity index (χ4v) is 3.67. The first-order valence-corrected chi connectivity index (χ1v) is 5.64. The molecule has 0 aromatic heterocycles. The van der Waals surface area contributed by atoms with Crippen LogP contribution in [-0.4, -0.2) is 12.1 Å². The summed E-state index contributed by atoms with van der Waals surface area (Å²) >= 11 is 0. The van der Waals surface area contributed by atoms with Gasteiger partial charge in [0.15, 0.2) is 0 Å². The predicted octanol–water partition coefficient (Wildman–Crippen LogP) is 2.29. The van der Waals surface area contributed by atoms with Crippen molar-refractivity contribution in [3.8, 4) is 0 Å². The van der Waals surface area contributed by atoms with Crippen molar-refractivity contribution in [3.63, 3.8) is 0 Å². The Balaban J connectivity index is 1.87. The molecule has 2 bridgehead atoms. The number of ether oxygens (including phenoxy) is 1. The predicted molar refractivity (Wildman–Crippen MR) is 52.6 cm³/mol. The summed E-state index contributed by atoms with van der Waals surface area (Å²) in [7, 11) is 0. The van der Waals surface area contributed by atoms with Crippen LogP contribution in [0.3, 0.4) is 0 Å². The van der Waals surface area contributed by atoms with Crippen molar-refractivity contribution in [2.45, 2.75) is 38.7 Å². The number of allylic oxidation sites excluding steroid dienone is 2. The maximum Gasteiger partial charge on any atom is 0.306 e. The van der Waals surface area contributed by atoms with E-state index in [1.165, 1.54) is 12.8 Å². The Hall–Kier alpha value is -0.790. The SMILES string of the molecule is C/C=C1\CC2CC1C1CCC(=O)OC21. The smallest absolute Gasteiger partial charge is 0.306 e. The van der Waals surface area contributed by atoms with Crippen LogP contribution in [0.1, 0.15) is 32.6 Å². The zero-order valence-corrected chi connectivity index (χ0v) is 8.53. The van der Waals surface area contributed by atoms with Crippen LogP contribution >= 0.6 is 0 Å². The van der Waals surface area contributed by atoms with Crippen LogP contribution in [0.2, 0.25) is 0 Å². The highest BCUT2D eigenvalue weighted by atomic mass is 16.5. The van der Waals surface area contributed by atoms with E-state index in [9.17, 15) is 4.79 Å². The van der Waals surface area contributed by atoms with Gasteiger partial charge in [-0.05, 0) is 32.1 Å². The number of esters is 1. The van der Waals surface area contributed by atoms with Gasteiger partial charge in [0.05, 0.1) is 0 Å². The zero-order chi connectivity index (χ0) is 9.71. The van der Waals surface area contributed by atoms with Gasteiger partial charge in [-0.3, -0.25) is 4.79 Å². The summed E-state index contributed by atoms with van der Waals surface area (Å²) in [6, 6.07) is 0. The Morgan fingerprint density at radius 1 is 1.50 bits per heavy atom. The third-order valence-corrected chi connectivity index (χ3v) is 4.25. The van der Waals surface area contributed by atoms with Gasteiger partial charge < -0.3 is 4.74 Å². The average Bonchev–Trinajstić information content (AvgIpc) is 2.74. The molecule has 0 aromatic rings. The highest BCUT2D eigenvalue weighted by Crippen LogP contribution is 2.55. The van der Waals surface area contributed by atoms with E-state index in [0.29, 0.717) is 18.3 Å². The molecule has 2 heteroatoms. The van der Waals surface area contributed by atoms with Gasteiger partial charge >= 0.3 is 5.97 Å². The zero-order valence-electron chi connectivity index (χ0n) is 8.53. The molecule has 3 rings (SSSR count). The molecule has 0 radical (unpaired) electrons. The third-order valence-electron chi connectivity index (χ3n) is 4.25. The van der Waals surface area contributed by atoms with E-state index in [0.717, 1.165) is 12.3 Å². The van der Waals surface area contributed by atoms with Crippen molar-refractivity contribution in [1.29, 1.82) is 0 Å². The number of hydrogen-bond acceptors (Lipinski definition) is 2. The summed E-state index contributed by atoms with van der Waals surface area (Å²) < 4.78 is 5.47. The molecule has 0 amide bonds. The Kier molecular flexibility index (Phi) is 1.73. The maximum absolute atomic E-state index is 11.2. The lowest BCUT2D eigenvalue weighted by Crippen LogP contribution is -2.37. The molecule has 1 saturated heterocycles. The van der Waals surface area contributed by atoms with E-state index in [2.05, 4.69) is 13.0 Å². The lowest BCUT2D eigenvalue weighted by atomic mass is 9.79. The summed E-state index contributed by atoms with van der Waals surface area (Å²) in [6.45, 7) is 2.14. The van der Waals surface area contributed by atoms with Gasteiger partial charge in [-0.25, -0.2) is 0 Å². The molecule has 76 valence electrons. The molecular weight excluding hydrogens is 176 g/mol. The minimum absolute atomic E-state index is 0.0285. The van der Waals surface area contributed by atoms with Gasteiger partial charge in [-0.15, -0.1) is 0 Å². The third kappa shape index (κ3) is 0.999. The molecule has 2 nitrogen and oxygen atoms in total. The number of fused-ring (bicyclic) bond motifs is 5. The van der Waals surface area contributed by atoms with Crippen LogP contribution in [0.5, 0.6) is 0 Å². The molecule has 2 aliphatic carbocycles. The summed E-state index contributed by atoms with van der Waals surface area (Å²) in [5, 5.41) is 0. The molecule has 3 aliphatic rings. The standard InChI is InChI=1S/C12H16O2/c1-2-7-5-8-6-10(7)9-3-4-11(13)14-12(8)9/h2,8-10,12H,3-6H2,1H3/b7-2+. The van der Waals surface area contributed by atoms with Crippen molar-refractivity contribution >= 4 is 5.97 Å². The quantitative estimate of drug-likeness (QED) is 0.435. The largest absolute Gasteiger partial charge is 0.462 e. The van der Waals surface area contributed by atoms with Crippen LogP contribution in [0, 0.1) is 17.8 Å². The molecule has 0 spiro atoms. The molecule has 14 heavy (non-hydrogen) atoms. The molecule has 4 atom stereocenters. The van der Waals surface area contributed by atoms with Crippen molar-refractivity contribution in [3.05, 3.63) is 11.6 Å². The van der Waals surface area contributed by atoms with Gasteiger partial charge in [0, 0.05) is 18.3 Å². The average molecular weight is 192 g/mol. The van der Waals surface area contributed by atoms with Crippen molar-refractivity contribution < 1.29 is 9.53 Å². The monoisotopic (exact) mass is 192 g/mol. The van der Waals surface area contributed by atoms with Crippen LogP contribution in [0.15, 0.2) is 11.6 Å². The Morgan fingerprint density at radius 2 is 2.36 bits per heavy atom. The van der Waals surface area contributed by atoms with Crippen LogP contribution < -0.4 is 0 Å². The first-order valence-electron chi connectivity index (χ1n) is 5.64. The second-order valence-corrected chi connectivity index (χ2v) is 4.83. The number of carbonyl (C=O) groups is 1. The van der Waals surface area contributed by atoms with E-state index in [1.54, 1.807) is 5.57 Å². The number of carbonyl (C=O) groups excluding carboxylic acids is 1. The molecule has 4 unspecified atom stereocenters. The summed E-state index contributed by atoms with van der Waals surface area (Å²) in [6.07, 6.45) is 6.68. The van der Waals surface area contributed by atoms with Gasteiger partial charge in [-0.1, -0.05) is 11.6 Å². The molecule has 0 aromatic carbocycles. The highest BCUT2D eigenvalue weighted by Gasteiger charge is 2.53. The normalized spacial score (nSPS) is 48.1. The van der Waals surface area contributed by atoms with E-state index in [4.69, 9.17) is 4.74 Å². The maximum atomic E-state index is 11.2. The van der Waals surface area contributed by atoms with Crippen molar-refractivity contribution in [2.75, 3.05) is 0 Å². The molecule has 1 heterocycles. The molecular formula is C12H16O2. The fourth-order valence-electron chi connectivity index (χ4n) is 3.67. The second-order valence-electron chi connectivity index (χ2n) is 4.83. The molecule has 0 N–H and O–H groups in total. The Labute approximate surface area is 84.3 Å². The number of rotatable bonds is 0. The highest BCUT2D eigenvalue weighted by molar-refractivity contribution is 5.70. The lowest BCUT2D eigenvalue weighted by molar-refractivity contribution is -0.160. The number of hydrogen-bond donors (Lipinski definition) is 0. The topological polar surface area (TPSA) is 26.3 Å². The van der Waals surface area contributed by atoms with Crippen molar-refractivity contribution in [2.24, 2.45) is 17.8 Å². The fraction of sp³-hybridized carbons (Fsp3) is 0.750. The Morgan fingerprint density at radius 3 is 3.14 bits per heavy atom. The molecule has 3 fully saturated rings. The van der Waals surface area contributed by atoms with E-state index in [-0.39, 0.29) is 12.1 Å².